The molecule has 0 saturated heterocycles. The Hall–Kier alpha value is -2.43. The zero-order valence-corrected chi connectivity index (χ0v) is 14.3. The van der Waals surface area contributed by atoms with Crippen LogP contribution in [0.2, 0.25) is 0 Å². The van der Waals surface area contributed by atoms with Gasteiger partial charge in [-0.15, -0.1) is 0 Å². The summed E-state index contributed by atoms with van der Waals surface area (Å²) in [6.07, 6.45) is 2.96. The van der Waals surface area contributed by atoms with Crippen molar-refractivity contribution in [3.8, 4) is 0 Å². The van der Waals surface area contributed by atoms with E-state index in [4.69, 9.17) is 9.47 Å². The van der Waals surface area contributed by atoms with E-state index >= 15 is 0 Å². The molecular weight excluding hydrogens is 308 g/mol. The molecule has 0 aromatic carbocycles. The molecule has 0 N–H and O–H groups in total. The second kappa shape index (κ2) is 5.30. The Morgan fingerprint density at radius 1 is 1.38 bits per heavy atom. The van der Waals surface area contributed by atoms with Crippen molar-refractivity contribution in [2.24, 2.45) is 11.3 Å². The van der Waals surface area contributed by atoms with E-state index in [0.717, 1.165) is 5.57 Å². The third kappa shape index (κ3) is 2.19. The van der Waals surface area contributed by atoms with Gasteiger partial charge in [0.15, 0.2) is 5.78 Å². The Kier molecular flexibility index (Phi) is 3.62. The molecule has 0 radical (unpaired) electrons. The third-order valence-electron chi connectivity index (χ3n) is 5.31. The van der Waals surface area contributed by atoms with Gasteiger partial charge in [0.25, 0.3) is 0 Å². The smallest absolute Gasteiger partial charge is 0.339 e. The van der Waals surface area contributed by atoms with Gasteiger partial charge < -0.3 is 9.47 Å². The second-order valence-corrected chi connectivity index (χ2v) is 6.96. The van der Waals surface area contributed by atoms with Crippen LogP contribution < -0.4 is 0 Å². The zero-order chi connectivity index (χ0) is 17.8. The summed E-state index contributed by atoms with van der Waals surface area (Å²) in [5, 5.41) is 0. The van der Waals surface area contributed by atoms with E-state index in [2.05, 4.69) is 6.58 Å². The summed E-state index contributed by atoms with van der Waals surface area (Å²) in [4.78, 5) is 36.2. The second-order valence-electron chi connectivity index (χ2n) is 6.96. The zero-order valence-electron chi connectivity index (χ0n) is 14.3. The minimum Gasteiger partial charge on any atom is -0.453 e. The van der Waals surface area contributed by atoms with Gasteiger partial charge in [-0.3, -0.25) is 4.79 Å². The summed E-state index contributed by atoms with van der Waals surface area (Å²) < 4.78 is 11.0. The maximum Gasteiger partial charge on any atom is 0.339 e. The maximum atomic E-state index is 12.2. The van der Waals surface area contributed by atoms with Gasteiger partial charge in [0.1, 0.15) is 11.9 Å². The van der Waals surface area contributed by atoms with Gasteiger partial charge in [0.2, 0.25) is 0 Å². The molecule has 0 amide bonds. The van der Waals surface area contributed by atoms with Gasteiger partial charge in [-0.05, 0) is 37.5 Å². The number of rotatable bonds is 2. The minimum absolute atomic E-state index is 0.0188. The van der Waals surface area contributed by atoms with Crippen LogP contribution in [0.25, 0.3) is 0 Å². The van der Waals surface area contributed by atoms with Crippen LogP contribution in [0.3, 0.4) is 0 Å². The van der Waals surface area contributed by atoms with E-state index in [-0.39, 0.29) is 17.3 Å². The molecule has 0 saturated carbocycles. The molecule has 126 valence electrons. The summed E-state index contributed by atoms with van der Waals surface area (Å²) in [5.41, 5.74) is 1.43. The predicted molar refractivity (Wildman–Crippen MR) is 86.5 cm³/mol. The number of hydrogen-bond donors (Lipinski definition) is 0. The first-order valence-corrected chi connectivity index (χ1v) is 7.92. The fourth-order valence-corrected chi connectivity index (χ4v) is 3.58. The van der Waals surface area contributed by atoms with E-state index in [0.29, 0.717) is 23.3 Å². The number of carbonyl (C=O) groups is 3. The lowest BCUT2D eigenvalue weighted by molar-refractivity contribution is -0.149. The number of esters is 2. The van der Waals surface area contributed by atoms with Gasteiger partial charge in [0.05, 0.1) is 0 Å². The normalized spacial score (nSPS) is 31.7. The molecule has 3 rings (SSSR count). The van der Waals surface area contributed by atoms with Crippen LogP contribution in [-0.2, 0) is 23.9 Å². The predicted octanol–water partition coefficient (Wildman–Crippen LogP) is 2.79. The quantitative estimate of drug-likeness (QED) is 0.576. The Morgan fingerprint density at radius 3 is 2.67 bits per heavy atom. The Labute approximate surface area is 140 Å². The van der Waals surface area contributed by atoms with Gasteiger partial charge in [0, 0.05) is 28.6 Å². The number of hydrogen-bond acceptors (Lipinski definition) is 5. The Bertz CT molecular complexity index is 780. The first-order chi connectivity index (χ1) is 11.2. The van der Waals surface area contributed by atoms with Crippen molar-refractivity contribution in [1.82, 2.24) is 0 Å². The molecule has 2 aliphatic carbocycles. The molecular formula is C19H20O5. The highest BCUT2D eigenvalue weighted by molar-refractivity contribution is 5.97. The SMILES string of the molecule is C=C(C)C(=O)O[C@@H]1C2=C(C)C(=O)OC2=CC2=CC(=O)C[C@H](C)[C@]21C. The summed E-state index contributed by atoms with van der Waals surface area (Å²) in [6, 6.07) is 0. The van der Waals surface area contributed by atoms with Crippen molar-refractivity contribution in [3.63, 3.8) is 0 Å². The molecule has 24 heavy (non-hydrogen) atoms. The fraction of sp³-hybridized carbons (Fsp3) is 0.421. The molecule has 0 aromatic rings. The molecule has 1 aliphatic heterocycles. The third-order valence-corrected chi connectivity index (χ3v) is 5.31. The lowest BCUT2D eigenvalue weighted by atomic mass is 9.59. The van der Waals surface area contributed by atoms with E-state index in [1.54, 1.807) is 26.0 Å². The molecule has 5 heteroatoms. The first-order valence-electron chi connectivity index (χ1n) is 7.92. The van der Waals surface area contributed by atoms with Gasteiger partial charge >= 0.3 is 11.9 Å². The first kappa shape index (κ1) is 16.4. The van der Waals surface area contributed by atoms with E-state index in [9.17, 15) is 14.4 Å². The molecule has 0 fully saturated rings. The van der Waals surface area contributed by atoms with Gasteiger partial charge in [-0.25, -0.2) is 9.59 Å². The standard InChI is InChI=1S/C19H20O5/c1-9(2)17(21)24-16-15-11(4)18(22)23-14(15)8-12-7-13(20)6-10(3)19(12,16)5/h7-8,10,16H,1,6H2,2-5H3/t10-,16+,19+/m0/s1. The summed E-state index contributed by atoms with van der Waals surface area (Å²) >= 11 is 0. The van der Waals surface area contributed by atoms with Crippen molar-refractivity contribution in [2.75, 3.05) is 0 Å². The van der Waals surface area contributed by atoms with Crippen molar-refractivity contribution in [2.45, 2.75) is 40.2 Å². The minimum atomic E-state index is -0.692. The molecule has 1 heterocycles. The number of fused-ring (bicyclic) bond motifs is 2. The van der Waals surface area contributed by atoms with Crippen LogP contribution in [0.1, 0.15) is 34.1 Å². The summed E-state index contributed by atoms with van der Waals surface area (Å²) in [5.74, 6) is -0.644. The highest BCUT2D eigenvalue weighted by atomic mass is 16.6. The summed E-state index contributed by atoms with van der Waals surface area (Å²) in [7, 11) is 0. The Morgan fingerprint density at radius 2 is 2.04 bits per heavy atom. The van der Waals surface area contributed by atoms with Crippen LogP contribution >= 0.6 is 0 Å². The summed E-state index contributed by atoms with van der Waals surface area (Å²) in [6.45, 7) is 10.8. The number of ketones is 1. The lowest BCUT2D eigenvalue weighted by Crippen LogP contribution is -2.48. The average molecular weight is 328 g/mol. The highest BCUT2D eigenvalue weighted by Gasteiger charge is 2.54. The maximum absolute atomic E-state index is 12.2. The molecule has 0 unspecified atom stereocenters. The van der Waals surface area contributed by atoms with E-state index < -0.39 is 23.5 Å². The molecule has 5 nitrogen and oxygen atoms in total. The number of carbonyl (C=O) groups excluding carboxylic acids is 3. The topological polar surface area (TPSA) is 69.7 Å². The monoisotopic (exact) mass is 328 g/mol. The van der Waals surface area contributed by atoms with Gasteiger partial charge in [-0.1, -0.05) is 20.4 Å². The average Bonchev–Trinajstić information content (AvgIpc) is 2.76. The lowest BCUT2D eigenvalue weighted by Gasteiger charge is -2.47. The Balaban J connectivity index is 2.21. The van der Waals surface area contributed by atoms with Crippen molar-refractivity contribution < 1.29 is 23.9 Å². The van der Waals surface area contributed by atoms with Crippen molar-refractivity contribution >= 4 is 17.7 Å². The van der Waals surface area contributed by atoms with Crippen LogP contribution in [0.5, 0.6) is 0 Å². The van der Waals surface area contributed by atoms with E-state index in [1.165, 1.54) is 0 Å². The molecule has 0 aromatic heterocycles. The fourth-order valence-electron chi connectivity index (χ4n) is 3.58. The molecule has 0 bridgehead atoms. The molecule has 3 atom stereocenters. The van der Waals surface area contributed by atoms with Crippen molar-refractivity contribution in [1.29, 1.82) is 0 Å². The molecule has 0 spiro atoms. The number of ether oxygens (including phenoxy) is 2. The van der Waals surface area contributed by atoms with Crippen LogP contribution in [0.4, 0.5) is 0 Å². The van der Waals surface area contributed by atoms with Crippen molar-refractivity contribution in [3.05, 3.63) is 46.8 Å². The van der Waals surface area contributed by atoms with Crippen LogP contribution in [-0.4, -0.2) is 23.8 Å². The molecule has 3 aliphatic rings. The largest absolute Gasteiger partial charge is 0.453 e. The number of allylic oxidation sites excluding steroid dienone is 2. The van der Waals surface area contributed by atoms with Crippen LogP contribution in [0, 0.1) is 11.3 Å². The van der Waals surface area contributed by atoms with Gasteiger partial charge in [-0.2, -0.15) is 0 Å². The highest BCUT2D eigenvalue weighted by Crippen LogP contribution is 2.54. The van der Waals surface area contributed by atoms with E-state index in [1.807, 2.05) is 13.8 Å². The van der Waals surface area contributed by atoms with Crippen LogP contribution in [0.15, 0.2) is 46.8 Å².